The number of benzene rings is 2. The van der Waals surface area contributed by atoms with Gasteiger partial charge in [0.15, 0.2) is 0 Å². The first-order valence-corrected chi connectivity index (χ1v) is 18.0. The van der Waals surface area contributed by atoms with Crippen molar-refractivity contribution in [3.8, 4) is 5.75 Å². The zero-order valence-electron chi connectivity index (χ0n) is 28.5. The molecule has 1 N–H and O–H groups in total. The Kier molecular flexibility index (Phi) is 10.2. The molecule has 2 aromatic carbocycles. The molecule has 11 nitrogen and oxygen atoms in total. The zero-order valence-corrected chi connectivity index (χ0v) is 29.3. The number of thioether (sulfide) groups is 1. The van der Waals surface area contributed by atoms with Gasteiger partial charge in [-0.15, -0.1) is 30.0 Å². The number of nitrogens with zero attached hydrogens (tertiary/aromatic N) is 6. The van der Waals surface area contributed by atoms with Gasteiger partial charge in [-0.3, -0.25) is 14.4 Å². The molecular formula is C37H46N6O5S. The quantitative estimate of drug-likeness (QED) is 0.232. The number of hydrogen-bond acceptors (Lipinski definition) is 8. The van der Waals surface area contributed by atoms with Gasteiger partial charge in [0.25, 0.3) is 0 Å². The van der Waals surface area contributed by atoms with Crippen molar-refractivity contribution >= 4 is 46.2 Å². The van der Waals surface area contributed by atoms with Crippen LogP contribution in [0.3, 0.4) is 0 Å². The highest BCUT2D eigenvalue weighted by molar-refractivity contribution is 8.02. The number of anilines is 1. The van der Waals surface area contributed by atoms with E-state index in [0.717, 1.165) is 5.52 Å². The van der Waals surface area contributed by atoms with E-state index in [1.165, 1.54) is 0 Å². The van der Waals surface area contributed by atoms with Crippen LogP contribution in [0.15, 0.2) is 73.8 Å². The minimum absolute atomic E-state index is 0.111. The highest BCUT2D eigenvalue weighted by atomic mass is 32.2. The summed E-state index contributed by atoms with van der Waals surface area (Å²) in [6, 6.07) is 13.5. The average Bonchev–Trinajstić information content (AvgIpc) is 3.85. The molecule has 3 aliphatic rings. The number of fused-ring (bicyclic) bond motifs is 2. The van der Waals surface area contributed by atoms with Crippen molar-refractivity contribution in [2.45, 2.75) is 68.8 Å². The Balaban J connectivity index is 1.39. The summed E-state index contributed by atoms with van der Waals surface area (Å²) in [4.78, 5) is 49.5. The van der Waals surface area contributed by atoms with Crippen LogP contribution < -0.4 is 9.64 Å². The second-order valence-electron chi connectivity index (χ2n) is 13.5. The van der Waals surface area contributed by atoms with Crippen molar-refractivity contribution in [2.75, 3.05) is 31.2 Å². The topological polar surface area (TPSA) is 121 Å². The van der Waals surface area contributed by atoms with Gasteiger partial charge in [0.2, 0.25) is 17.7 Å². The van der Waals surface area contributed by atoms with Crippen LogP contribution in [0.25, 0.3) is 11.0 Å². The first-order valence-electron chi connectivity index (χ1n) is 17.1. The molecule has 6 rings (SSSR count). The van der Waals surface area contributed by atoms with Crippen LogP contribution in [0.1, 0.15) is 40.0 Å². The lowest BCUT2D eigenvalue weighted by atomic mass is 9.70. The summed E-state index contributed by atoms with van der Waals surface area (Å²) in [5, 5.41) is 19.2. The van der Waals surface area contributed by atoms with Crippen LogP contribution in [0.4, 0.5) is 5.69 Å². The van der Waals surface area contributed by atoms with Crippen molar-refractivity contribution in [1.82, 2.24) is 24.8 Å². The Morgan fingerprint density at radius 1 is 1.12 bits per heavy atom. The van der Waals surface area contributed by atoms with Crippen molar-refractivity contribution < 1.29 is 24.2 Å². The lowest BCUT2D eigenvalue weighted by Gasteiger charge is -2.40. The highest BCUT2D eigenvalue weighted by Gasteiger charge is 2.74. The second kappa shape index (κ2) is 14.4. The number of amides is 3. The second-order valence-corrected chi connectivity index (χ2v) is 15.1. The smallest absolute Gasteiger partial charge is 0.248 e. The SMILES string of the molecule is C=CCN(Cn1nnc2ccccc21)C(=O)C1N([C@@H](CO)CC(C)C)C(=O)[C@@H]2[C@H](C(=O)N(CC=C)c3ccc(OCC)cc3)[C@@H]3CCC12S3. The van der Waals surface area contributed by atoms with Crippen LogP contribution in [-0.2, 0) is 21.1 Å². The minimum Gasteiger partial charge on any atom is -0.494 e. The van der Waals surface area contributed by atoms with E-state index in [-0.39, 0.29) is 55.3 Å². The number of aliphatic hydroxyl groups excluding tert-OH is 1. The van der Waals surface area contributed by atoms with Crippen LogP contribution in [0.2, 0.25) is 0 Å². The molecule has 3 aromatic rings. The molecule has 1 aromatic heterocycles. The van der Waals surface area contributed by atoms with Crippen LogP contribution in [0, 0.1) is 17.8 Å². The maximum atomic E-state index is 15.0. The molecule has 0 saturated carbocycles. The molecule has 0 radical (unpaired) electrons. The fourth-order valence-corrected chi connectivity index (χ4v) is 10.3. The summed E-state index contributed by atoms with van der Waals surface area (Å²) < 4.78 is 6.47. The van der Waals surface area contributed by atoms with Gasteiger partial charge in [-0.05, 0) is 68.5 Å². The minimum atomic E-state index is -0.873. The van der Waals surface area contributed by atoms with Crippen molar-refractivity contribution in [3.63, 3.8) is 0 Å². The number of hydrogen-bond donors (Lipinski definition) is 1. The molecule has 2 unspecified atom stereocenters. The summed E-state index contributed by atoms with van der Waals surface area (Å²) in [5.74, 6) is -1.12. The number of carbonyl (C=O) groups excluding carboxylic acids is 3. The van der Waals surface area contributed by atoms with E-state index in [1.54, 1.807) is 43.3 Å². The predicted octanol–water partition coefficient (Wildman–Crippen LogP) is 4.52. The maximum Gasteiger partial charge on any atom is 0.248 e. The molecule has 12 heteroatoms. The third kappa shape index (κ3) is 6.14. The van der Waals surface area contributed by atoms with E-state index in [4.69, 9.17) is 4.74 Å². The average molecular weight is 687 g/mol. The summed E-state index contributed by atoms with van der Waals surface area (Å²) >= 11 is 1.62. The van der Waals surface area contributed by atoms with E-state index in [0.29, 0.717) is 42.8 Å². The Morgan fingerprint density at radius 2 is 1.86 bits per heavy atom. The molecular weight excluding hydrogens is 641 g/mol. The number of likely N-dealkylation sites (tertiary alicyclic amines) is 1. The number of aromatic nitrogens is 3. The maximum absolute atomic E-state index is 15.0. The summed E-state index contributed by atoms with van der Waals surface area (Å²) in [6.07, 6.45) is 5.20. The van der Waals surface area contributed by atoms with Gasteiger partial charge in [0.1, 0.15) is 24.0 Å². The van der Waals surface area contributed by atoms with E-state index in [9.17, 15) is 14.7 Å². The molecule has 3 saturated heterocycles. The summed E-state index contributed by atoms with van der Waals surface area (Å²) in [6.45, 7) is 14.7. The van der Waals surface area contributed by atoms with Gasteiger partial charge in [-0.2, -0.15) is 0 Å². The zero-order chi connectivity index (χ0) is 34.9. The van der Waals surface area contributed by atoms with Crippen molar-refractivity contribution in [3.05, 3.63) is 73.8 Å². The Hall–Kier alpha value is -4.16. The number of aliphatic hydroxyl groups is 1. The molecule has 3 aliphatic heterocycles. The fraction of sp³-hybridized carbons (Fsp3) is 0.486. The monoisotopic (exact) mass is 686 g/mol. The van der Waals surface area contributed by atoms with Gasteiger partial charge < -0.3 is 24.5 Å². The molecule has 6 atom stereocenters. The molecule has 3 fully saturated rings. The van der Waals surface area contributed by atoms with Gasteiger partial charge >= 0.3 is 0 Å². The number of carbonyl (C=O) groups is 3. The van der Waals surface area contributed by atoms with Crippen LogP contribution in [0.5, 0.6) is 5.75 Å². The molecule has 49 heavy (non-hydrogen) atoms. The van der Waals surface area contributed by atoms with E-state index in [2.05, 4.69) is 23.5 Å². The molecule has 1 spiro atoms. The molecule has 0 aliphatic carbocycles. The molecule has 260 valence electrons. The van der Waals surface area contributed by atoms with Gasteiger partial charge in [-0.1, -0.05) is 43.3 Å². The van der Waals surface area contributed by atoms with Crippen LogP contribution in [-0.4, -0.2) is 96.0 Å². The lowest BCUT2D eigenvalue weighted by molar-refractivity contribution is -0.146. The van der Waals surface area contributed by atoms with Crippen molar-refractivity contribution in [1.29, 1.82) is 0 Å². The number of para-hydroxylation sites is 1. The first kappa shape index (κ1) is 34.7. The Labute approximate surface area is 291 Å². The number of rotatable bonds is 15. The largest absolute Gasteiger partial charge is 0.494 e. The molecule has 3 amide bonds. The van der Waals surface area contributed by atoms with Gasteiger partial charge in [0.05, 0.1) is 41.4 Å². The Morgan fingerprint density at radius 3 is 2.53 bits per heavy atom. The molecule has 2 bridgehead atoms. The van der Waals surface area contributed by atoms with E-state index >= 15 is 4.79 Å². The third-order valence-corrected chi connectivity index (χ3v) is 12.0. The van der Waals surface area contributed by atoms with E-state index < -0.39 is 28.7 Å². The van der Waals surface area contributed by atoms with Gasteiger partial charge in [0, 0.05) is 24.0 Å². The predicted molar refractivity (Wildman–Crippen MR) is 191 cm³/mol. The first-order chi connectivity index (χ1) is 23.7. The number of ether oxygens (including phenoxy) is 1. The Bertz CT molecular complexity index is 1710. The van der Waals surface area contributed by atoms with Gasteiger partial charge in [-0.25, -0.2) is 4.68 Å². The third-order valence-electron chi connectivity index (χ3n) is 10.0. The summed E-state index contributed by atoms with van der Waals surface area (Å²) in [5.41, 5.74) is 2.19. The molecule has 4 heterocycles. The normalized spacial score (nSPS) is 24.7. The summed E-state index contributed by atoms with van der Waals surface area (Å²) in [7, 11) is 0. The van der Waals surface area contributed by atoms with Crippen LogP contribution >= 0.6 is 11.8 Å². The highest BCUT2D eigenvalue weighted by Crippen LogP contribution is 2.67. The van der Waals surface area contributed by atoms with Crippen molar-refractivity contribution in [2.24, 2.45) is 17.8 Å². The van der Waals surface area contributed by atoms with E-state index in [1.807, 2.05) is 69.3 Å². The fourth-order valence-electron chi connectivity index (χ4n) is 8.12. The standard InChI is InChI=1S/C37H46N6O5S/c1-6-19-40(23-42-29-12-10-9-11-28(29)38-39-42)36(47)33-37-18-17-30(49-37)31(32(37)35(46)43(33)26(22-44)21-24(4)5)34(45)41(20-7-2)25-13-15-27(16-14-25)48-8-3/h6-7,9-16,24,26,30-33,44H,1-2,8,17-23H2,3-5H3/t26-,30+,31-,32+,33?,37?/m1/s1. The lowest BCUT2D eigenvalue weighted by Crippen LogP contribution is -2.57.